The molecule has 0 bridgehead atoms. The lowest BCUT2D eigenvalue weighted by Crippen LogP contribution is -2.54. The van der Waals surface area contributed by atoms with Crippen LogP contribution in [0.1, 0.15) is 87.7 Å². The SMILES string of the molecule is CC[C@H](C)[C@H](NOCOC)C(=O)N1CCC[C@H]1c1ncc(-c2ccc(C#Cc3ccc(-c4cnc([C@@H]5CCCN5C(=O)[C@@H](NC(=O)OC)[C@@H](C)OC)[nH]4)cc3)cc2)[nH]1. The Morgan fingerprint density at radius 2 is 1.29 bits per heavy atom. The summed E-state index contributed by atoms with van der Waals surface area (Å²) in [4.78, 5) is 64.5. The summed E-state index contributed by atoms with van der Waals surface area (Å²) in [7, 11) is 4.30. The van der Waals surface area contributed by atoms with Crippen LogP contribution in [0.5, 0.6) is 0 Å². The zero-order valence-electron chi connectivity index (χ0n) is 34.0. The summed E-state index contributed by atoms with van der Waals surface area (Å²) < 4.78 is 15.1. The molecule has 0 spiro atoms. The van der Waals surface area contributed by atoms with Gasteiger partial charge in [0.2, 0.25) is 11.8 Å². The van der Waals surface area contributed by atoms with E-state index in [0.29, 0.717) is 18.9 Å². The highest BCUT2D eigenvalue weighted by atomic mass is 16.7. The van der Waals surface area contributed by atoms with E-state index in [1.54, 1.807) is 25.1 Å². The standard InChI is InChI=1S/C43H54N8O7/c1-7-27(2)37(49-58-26-55-4)41(52)50-22-8-10-35(50)39-44-24-33(46-39)31-18-14-29(15-19-31)12-13-30-16-20-32(21-17-30)34-25-45-40(47-34)36-11-9-23-51(36)42(53)38(28(3)56-5)48-43(54)57-6/h14-21,24-25,27-28,35-38,49H,7-11,22-23,26H2,1-6H3,(H,44,46)(H,45,47)(H,48,54)/t27-,28+,35-,36-,37-,38-/m0/s1. The average Bonchev–Trinajstić information content (AvgIpc) is 4.10. The number of carbonyl (C=O) groups excluding carboxylic acids is 3. The molecule has 4 N–H and O–H groups in total. The fraction of sp³-hybridized carbons (Fsp3) is 0.465. The van der Waals surface area contributed by atoms with Crippen molar-refractivity contribution in [1.82, 2.24) is 40.5 Å². The molecular formula is C43H54N8O7. The summed E-state index contributed by atoms with van der Waals surface area (Å²) in [5.74, 6) is 7.80. The largest absolute Gasteiger partial charge is 0.453 e. The highest BCUT2D eigenvalue weighted by molar-refractivity contribution is 5.87. The molecule has 0 radical (unpaired) electrons. The number of aromatic amines is 2. The minimum Gasteiger partial charge on any atom is -0.453 e. The van der Waals surface area contributed by atoms with E-state index < -0.39 is 24.3 Å². The second-order valence-electron chi connectivity index (χ2n) is 14.7. The van der Waals surface area contributed by atoms with Gasteiger partial charge in [0.15, 0.2) is 6.79 Å². The van der Waals surface area contributed by atoms with Crippen LogP contribution >= 0.6 is 0 Å². The summed E-state index contributed by atoms with van der Waals surface area (Å²) in [6, 6.07) is 14.1. The van der Waals surface area contributed by atoms with E-state index in [-0.39, 0.29) is 36.6 Å². The van der Waals surface area contributed by atoms with E-state index in [2.05, 4.69) is 44.5 Å². The van der Waals surface area contributed by atoms with Crippen LogP contribution in [0, 0.1) is 17.8 Å². The van der Waals surface area contributed by atoms with E-state index in [1.807, 2.05) is 66.6 Å². The number of nitrogens with zero attached hydrogens (tertiary/aromatic N) is 4. The van der Waals surface area contributed by atoms with Gasteiger partial charge in [0, 0.05) is 38.4 Å². The van der Waals surface area contributed by atoms with E-state index >= 15 is 0 Å². The van der Waals surface area contributed by atoms with Crippen molar-refractivity contribution in [3.05, 3.63) is 83.7 Å². The van der Waals surface area contributed by atoms with Gasteiger partial charge in [0.1, 0.15) is 23.7 Å². The summed E-state index contributed by atoms with van der Waals surface area (Å²) in [5, 5.41) is 2.62. The Bertz CT molecular complexity index is 2050. The number of rotatable bonds is 15. The van der Waals surface area contributed by atoms with E-state index in [9.17, 15) is 14.4 Å². The third-order valence-corrected chi connectivity index (χ3v) is 11.1. The number of aromatic nitrogens is 4. The fourth-order valence-electron chi connectivity index (χ4n) is 7.43. The lowest BCUT2D eigenvalue weighted by atomic mass is 9.98. The summed E-state index contributed by atoms with van der Waals surface area (Å²) >= 11 is 0. The molecule has 6 rings (SSSR count). The third-order valence-electron chi connectivity index (χ3n) is 11.1. The Balaban J connectivity index is 1.07. The van der Waals surface area contributed by atoms with Crippen molar-refractivity contribution in [2.75, 3.05) is 41.2 Å². The molecule has 2 aliphatic heterocycles. The van der Waals surface area contributed by atoms with Gasteiger partial charge in [-0.15, -0.1) is 0 Å². The first-order chi connectivity index (χ1) is 28.1. The van der Waals surface area contributed by atoms with Gasteiger partial charge in [0.05, 0.1) is 49.1 Å². The van der Waals surface area contributed by atoms with Crippen molar-refractivity contribution in [3.63, 3.8) is 0 Å². The van der Waals surface area contributed by atoms with Crippen molar-refractivity contribution in [2.24, 2.45) is 5.92 Å². The smallest absolute Gasteiger partial charge is 0.407 e. The Morgan fingerprint density at radius 3 is 1.74 bits per heavy atom. The number of carbonyl (C=O) groups is 3. The predicted octanol–water partition coefficient (Wildman–Crippen LogP) is 5.49. The van der Waals surface area contributed by atoms with Gasteiger partial charge in [-0.2, -0.15) is 5.48 Å². The summed E-state index contributed by atoms with van der Waals surface area (Å²) in [6.07, 6.45) is 6.46. The molecule has 4 aromatic rings. The molecule has 2 fully saturated rings. The van der Waals surface area contributed by atoms with Crippen molar-refractivity contribution < 1.29 is 33.4 Å². The zero-order chi connectivity index (χ0) is 41.2. The highest BCUT2D eigenvalue weighted by Gasteiger charge is 2.39. The van der Waals surface area contributed by atoms with Crippen molar-refractivity contribution in [2.45, 2.75) is 83.1 Å². The molecule has 0 saturated carbocycles. The third kappa shape index (κ3) is 9.76. The van der Waals surface area contributed by atoms with Gasteiger partial charge in [-0.1, -0.05) is 56.4 Å². The maximum Gasteiger partial charge on any atom is 0.407 e. The molecule has 2 aromatic carbocycles. The molecule has 0 unspecified atom stereocenters. The summed E-state index contributed by atoms with van der Waals surface area (Å²) in [6.45, 7) is 7.10. The van der Waals surface area contributed by atoms with Crippen molar-refractivity contribution in [3.8, 4) is 34.4 Å². The van der Waals surface area contributed by atoms with Crippen LogP contribution in [0.4, 0.5) is 4.79 Å². The Hall–Kier alpha value is -5.53. The molecule has 2 aromatic heterocycles. The number of nitrogens with one attached hydrogen (secondary N) is 4. The Kier molecular flexibility index (Phi) is 14.3. The lowest BCUT2D eigenvalue weighted by Gasteiger charge is -2.30. The van der Waals surface area contributed by atoms with Crippen LogP contribution in [0.15, 0.2) is 60.9 Å². The number of H-pyrrole nitrogens is 2. The van der Waals surface area contributed by atoms with Crippen LogP contribution in [0.3, 0.4) is 0 Å². The molecule has 2 aliphatic rings. The van der Waals surface area contributed by atoms with E-state index in [1.165, 1.54) is 14.2 Å². The van der Waals surface area contributed by atoms with E-state index in [0.717, 1.165) is 71.6 Å². The number of alkyl carbamates (subject to hydrolysis) is 1. The number of likely N-dealkylation sites (tertiary alicyclic amines) is 2. The first-order valence-electron chi connectivity index (χ1n) is 19.8. The maximum absolute atomic E-state index is 13.7. The van der Waals surface area contributed by atoms with Crippen molar-refractivity contribution >= 4 is 17.9 Å². The Morgan fingerprint density at radius 1 is 0.793 bits per heavy atom. The first-order valence-corrected chi connectivity index (χ1v) is 19.8. The summed E-state index contributed by atoms with van der Waals surface area (Å²) in [5.41, 5.74) is 8.28. The molecule has 4 heterocycles. The Labute approximate surface area is 339 Å². The number of hydrogen-bond acceptors (Lipinski definition) is 10. The van der Waals surface area contributed by atoms with Gasteiger partial charge in [-0.25, -0.2) is 14.8 Å². The van der Waals surface area contributed by atoms with Crippen LogP contribution in [-0.2, 0) is 28.6 Å². The van der Waals surface area contributed by atoms with Crippen LogP contribution in [0.25, 0.3) is 22.5 Å². The monoisotopic (exact) mass is 794 g/mol. The number of benzene rings is 2. The predicted molar refractivity (Wildman–Crippen MR) is 217 cm³/mol. The highest BCUT2D eigenvalue weighted by Crippen LogP contribution is 2.34. The minimum atomic E-state index is -0.893. The normalized spacial score (nSPS) is 18.6. The van der Waals surface area contributed by atoms with Crippen LogP contribution in [-0.4, -0.2) is 107 Å². The second-order valence-corrected chi connectivity index (χ2v) is 14.7. The number of imidazole rings is 2. The topological polar surface area (TPSA) is 176 Å². The van der Waals surface area contributed by atoms with Crippen LogP contribution in [0.2, 0.25) is 0 Å². The number of amides is 3. The molecular weight excluding hydrogens is 741 g/mol. The molecule has 0 aliphatic carbocycles. The number of methoxy groups -OCH3 is 3. The van der Waals surface area contributed by atoms with Crippen molar-refractivity contribution in [1.29, 1.82) is 0 Å². The molecule has 15 nitrogen and oxygen atoms in total. The quantitative estimate of drug-likeness (QED) is 0.0521. The maximum atomic E-state index is 13.7. The van der Waals surface area contributed by atoms with Crippen LogP contribution < -0.4 is 10.8 Å². The molecule has 3 amide bonds. The number of hydrogen-bond donors (Lipinski definition) is 4. The van der Waals surface area contributed by atoms with Gasteiger partial charge in [-0.05, 0) is 73.9 Å². The van der Waals surface area contributed by atoms with Gasteiger partial charge in [-0.3, -0.25) is 14.4 Å². The molecule has 2 saturated heterocycles. The minimum absolute atomic E-state index is 0.000329. The number of ether oxygens (including phenoxy) is 3. The molecule has 308 valence electrons. The zero-order valence-corrected chi connectivity index (χ0v) is 34.0. The van der Waals surface area contributed by atoms with Gasteiger partial charge in [0.25, 0.3) is 0 Å². The fourth-order valence-corrected chi connectivity index (χ4v) is 7.43. The molecule has 6 atom stereocenters. The molecule has 58 heavy (non-hydrogen) atoms. The number of hydroxylamine groups is 1. The lowest BCUT2D eigenvalue weighted by molar-refractivity contribution is -0.148. The second kappa shape index (κ2) is 19.8. The first kappa shape index (κ1) is 42.1. The van der Waals surface area contributed by atoms with Gasteiger partial charge < -0.3 is 39.3 Å². The molecule has 15 heteroatoms. The average molecular weight is 795 g/mol. The van der Waals surface area contributed by atoms with Gasteiger partial charge >= 0.3 is 6.09 Å². The van der Waals surface area contributed by atoms with E-state index in [4.69, 9.17) is 24.0 Å².